The van der Waals surface area contributed by atoms with Crippen molar-refractivity contribution in [2.24, 2.45) is 17.8 Å². The summed E-state index contributed by atoms with van der Waals surface area (Å²) in [4.78, 5) is 11.6. The van der Waals surface area contributed by atoms with E-state index >= 15 is 0 Å². The van der Waals surface area contributed by atoms with Crippen molar-refractivity contribution in [1.29, 1.82) is 0 Å². The lowest BCUT2D eigenvalue weighted by atomic mass is 9.79. The molecule has 0 radical (unpaired) electrons. The fourth-order valence-electron chi connectivity index (χ4n) is 10.5. The van der Waals surface area contributed by atoms with E-state index in [-0.39, 0.29) is 42.7 Å². The average Bonchev–Trinajstić information content (AvgIpc) is 3.56. The van der Waals surface area contributed by atoms with Gasteiger partial charge in [0.05, 0.1) is 43.2 Å². The molecule has 0 aromatic heterocycles. The third kappa shape index (κ3) is 9.48. The van der Waals surface area contributed by atoms with Gasteiger partial charge in [-0.15, -0.1) is 0 Å². The van der Waals surface area contributed by atoms with Crippen LogP contribution in [-0.2, 0) is 38.0 Å². The molecule has 0 bridgehead atoms. The number of aliphatic hydroxyl groups is 4. The number of fused-ring (bicyclic) bond motifs is 1. The molecule has 8 N–H and O–H groups in total. The van der Waals surface area contributed by atoms with Crippen LogP contribution in [0.25, 0.3) is 0 Å². The molecule has 7 aliphatic heterocycles. The van der Waals surface area contributed by atoms with Gasteiger partial charge in [0.1, 0.15) is 24.4 Å². The van der Waals surface area contributed by atoms with E-state index in [2.05, 4.69) is 26.5 Å². The topological polar surface area (TPSA) is 218 Å². The highest BCUT2D eigenvalue weighted by molar-refractivity contribution is 5.76. The molecule has 0 amide bonds. The molecule has 1 unspecified atom stereocenters. The van der Waals surface area contributed by atoms with Gasteiger partial charge in [-0.05, 0) is 95.1 Å². The molecule has 14 heteroatoms. The maximum atomic E-state index is 11.6. The molecule has 14 nitrogen and oxygen atoms in total. The number of carbonyl (C=O) groups is 1. The lowest BCUT2D eigenvalue weighted by Gasteiger charge is -2.50. The van der Waals surface area contributed by atoms with Crippen molar-refractivity contribution in [3.63, 3.8) is 0 Å². The standard InChI is InChI=1S/C44H68O13.H3N/c1-25-21-34(55-44(23-25)35(46)12-11-31(54-44)24-41(6,50)40(48)49)26(2)9-10-30-14-18-43(53-30)19-15-33-39(57-43)36(47)29(5)38(52-33)32(45)22-28(4)37-27(3)13-17-42(56-37)16-7-8-20-51-42;/h9-10,23,26-28,30-39,45-47,50H,5,7-8,11-22,24H2,1-4,6H3,(H,48,49);1H3/b10-9+;/t26-,27-,28+,30+,31+,32+,33-,34-,35?,36-,37+,38-,39-,41-,42+,43-,44-;/m1./s1. The molecule has 7 rings (SSSR count). The summed E-state index contributed by atoms with van der Waals surface area (Å²) in [6.45, 7) is 14.5. The van der Waals surface area contributed by atoms with Crippen molar-refractivity contribution in [2.45, 2.75) is 209 Å². The van der Waals surface area contributed by atoms with Crippen LogP contribution in [0.4, 0.5) is 0 Å². The minimum Gasteiger partial charge on any atom is -0.479 e. The third-order valence-corrected chi connectivity index (χ3v) is 14.0. The number of aliphatic hydroxyl groups excluding tert-OH is 3. The molecule has 0 saturated carbocycles. The van der Waals surface area contributed by atoms with E-state index < -0.39 is 71.7 Å². The highest BCUT2D eigenvalue weighted by Gasteiger charge is 2.55. The number of carboxylic acids is 1. The Labute approximate surface area is 343 Å². The minimum atomic E-state index is -1.96. The molecule has 3 spiro atoms. The lowest BCUT2D eigenvalue weighted by molar-refractivity contribution is -0.321. The van der Waals surface area contributed by atoms with Crippen molar-refractivity contribution in [2.75, 3.05) is 6.61 Å². The molecule has 6 fully saturated rings. The monoisotopic (exact) mass is 821 g/mol. The van der Waals surface area contributed by atoms with E-state index in [1.54, 1.807) is 6.08 Å². The molecular formula is C44H71NO13. The Kier molecular flexibility index (Phi) is 14.1. The van der Waals surface area contributed by atoms with Gasteiger partial charge in [-0.25, -0.2) is 4.79 Å². The predicted molar refractivity (Wildman–Crippen MR) is 213 cm³/mol. The fraction of sp³-hybridized carbons (Fsp3) is 0.841. The molecule has 17 atom stereocenters. The van der Waals surface area contributed by atoms with Crippen LogP contribution in [0, 0.1) is 17.8 Å². The molecule has 0 aromatic carbocycles. The smallest absolute Gasteiger partial charge is 0.335 e. The normalized spacial score (nSPS) is 44.6. The van der Waals surface area contributed by atoms with Crippen molar-refractivity contribution >= 4 is 5.97 Å². The molecular weight excluding hydrogens is 750 g/mol. The Hall–Kier alpha value is -1.79. The Bertz CT molecular complexity index is 1510. The first-order valence-corrected chi connectivity index (χ1v) is 21.7. The largest absolute Gasteiger partial charge is 0.479 e. The minimum absolute atomic E-state index is 0. The van der Waals surface area contributed by atoms with Crippen LogP contribution in [0.1, 0.15) is 125 Å². The van der Waals surface area contributed by atoms with Crippen molar-refractivity contribution < 1.29 is 63.5 Å². The number of hydrogen-bond donors (Lipinski definition) is 6. The van der Waals surface area contributed by atoms with E-state index in [0.717, 1.165) is 50.7 Å². The van der Waals surface area contributed by atoms with Crippen molar-refractivity contribution in [1.82, 2.24) is 6.15 Å². The first kappa shape index (κ1) is 45.7. The van der Waals surface area contributed by atoms with Crippen LogP contribution >= 0.6 is 0 Å². The van der Waals surface area contributed by atoms with E-state index in [1.165, 1.54) is 6.92 Å². The molecule has 7 aliphatic rings. The zero-order chi connectivity index (χ0) is 40.9. The van der Waals surface area contributed by atoms with Gasteiger partial charge in [0, 0.05) is 38.0 Å². The summed E-state index contributed by atoms with van der Waals surface area (Å²) in [7, 11) is 0. The van der Waals surface area contributed by atoms with E-state index in [4.69, 9.17) is 33.2 Å². The third-order valence-electron chi connectivity index (χ3n) is 14.0. The molecule has 7 heterocycles. The van der Waals surface area contributed by atoms with Gasteiger partial charge in [0.2, 0.25) is 5.79 Å². The summed E-state index contributed by atoms with van der Waals surface area (Å²) in [6, 6.07) is 0. The van der Waals surface area contributed by atoms with Gasteiger partial charge >= 0.3 is 5.97 Å². The summed E-state index contributed by atoms with van der Waals surface area (Å²) in [6.07, 6.45) is 9.37. The zero-order valence-corrected chi connectivity index (χ0v) is 35.3. The van der Waals surface area contributed by atoms with Gasteiger partial charge in [0.25, 0.3) is 0 Å². The number of hydrogen-bond acceptors (Lipinski definition) is 13. The number of ether oxygens (including phenoxy) is 7. The van der Waals surface area contributed by atoms with Crippen molar-refractivity contribution in [3.8, 4) is 0 Å². The fourth-order valence-corrected chi connectivity index (χ4v) is 10.5. The molecule has 0 aliphatic carbocycles. The average molecular weight is 822 g/mol. The van der Waals surface area contributed by atoms with Crippen LogP contribution in [-0.4, -0.2) is 122 Å². The predicted octanol–water partition coefficient (Wildman–Crippen LogP) is 5.38. The maximum absolute atomic E-state index is 11.6. The van der Waals surface area contributed by atoms with Gasteiger partial charge in [-0.1, -0.05) is 45.1 Å². The summed E-state index contributed by atoms with van der Waals surface area (Å²) >= 11 is 0. The second kappa shape index (κ2) is 17.9. The first-order chi connectivity index (χ1) is 26.9. The quantitative estimate of drug-likeness (QED) is 0.153. The van der Waals surface area contributed by atoms with Gasteiger partial charge in [0.15, 0.2) is 17.2 Å². The summed E-state index contributed by atoms with van der Waals surface area (Å²) in [5.74, 6) is -3.82. The Morgan fingerprint density at radius 1 is 1.00 bits per heavy atom. The van der Waals surface area contributed by atoms with Crippen LogP contribution in [0.3, 0.4) is 0 Å². The second-order valence-electron chi connectivity index (χ2n) is 18.9. The van der Waals surface area contributed by atoms with Crippen LogP contribution in [0.5, 0.6) is 0 Å². The lowest BCUT2D eigenvalue weighted by Crippen LogP contribution is -2.60. The summed E-state index contributed by atoms with van der Waals surface area (Å²) < 4.78 is 45.2. The molecule has 0 aromatic rings. The van der Waals surface area contributed by atoms with E-state index in [0.29, 0.717) is 56.4 Å². The Morgan fingerprint density at radius 3 is 2.47 bits per heavy atom. The van der Waals surface area contributed by atoms with Crippen molar-refractivity contribution in [3.05, 3.63) is 36.0 Å². The molecule has 330 valence electrons. The van der Waals surface area contributed by atoms with Gasteiger partial charge in [-0.3, -0.25) is 0 Å². The van der Waals surface area contributed by atoms with E-state index in [9.17, 15) is 30.3 Å². The Balaban J connectivity index is 0.00000567. The highest BCUT2D eigenvalue weighted by Crippen LogP contribution is 2.47. The summed E-state index contributed by atoms with van der Waals surface area (Å²) in [5, 5.41) is 54.0. The van der Waals surface area contributed by atoms with E-state index in [1.807, 2.05) is 19.9 Å². The SMILES string of the molecule is C=C1[C@@H](O)[C@@H]2O[C@]3(CC[C@H](/C=C/[C@@H](C)[C@H]4CC(C)=C[C@@]5(O[C@H](C[C@@](C)(O)C(=O)O)CCC5O)O4)O3)CC[C@H]2O[C@H]1[C@@H](O)C[C@H](C)[C@H]1O[C@@]2(CCCCO2)CC[C@H]1C.N. The zero-order valence-electron chi connectivity index (χ0n) is 35.3. The van der Waals surface area contributed by atoms with Crippen LogP contribution in [0.15, 0.2) is 36.0 Å². The highest BCUT2D eigenvalue weighted by atomic mass is 16.7. The van der Waals surface area contributed by atoms with Crippen LogP contribution < -0.4 is 6.15 Å². The Morgan fingerprint density at radius 2 is 1.74 bits per heavy atom. The number of rotatable bonds is 10. The summed E-state index contributed by atoms with van der Waals surface area (Å²) in [5.41, 5.74) is -0.551. The number of carboxylic acid groups (broad SMARTS) is 1. The molecule has 58 heavy (non-hydrogen) atoms. The van der Waals surface area contributed by atoms with Crippen LogP contribution in [0.2, 0.25) is 0 Å². The molecule has 6 saturated heterocycles. The van der Waals surface area contributed by atoms with Gasteiger partial charge in [-0.2, -0.15) is 0 Å². The maximum Gasteiger partial charge on any atom is 0.335 e. The van der Waals surface area contributed by atoms with Gasteiger partial charge < -0.3 is 64.8 Å². The second-order valence-corrected chi connectivity index (χ2v) is 18.9. The number of aliphatic carboxylic acids is 1. The first-order valence-electron chi connectivity index (χ1n) is 21.7.